The third-order valence-corrected chi connectivity index (χ3v) is 5.86. The fourth-order valence-electron chi connectivity index (χ4n) is 2.66. The molecule has 0 radical (unpaired) electrons. The van der Waals surface area contributed by atoms with Gasteiger partial charge in [-0.25, -0.2) is 27.2 Å². The van der Waals surface area contributed by atoms with Gasteiger partial charge in [0.1, 0.15) is 10.3 Å². The van der Waals surface area contributed by atoms with Gasteiger partial charge in [0.2, 0.25) is 0 Å². The molecule has 2 N–H and O–H groups in total. The van der Waals surface area contributed by atoms with E-state index >= 15 is 0 Å². The summed E-state index contributed by atoms with van der Waals surface area (Å²) in [5.74, 6) is -1.23. The minimum absolute atomic E-state index is 0.0265. The number of hydrogen-bond donors (Lipinski definition) is 1. The maximum Gasteiger partial charge on any atom is 0.262 e. The molecule has 4 rings (SSSR count). The summed E-state index contributed by atoms with van der Waals surface area (Å²) in [5, 5.41) is 1.24. The molecule has 2 aromatic carbocycles. The van der Waals surface area contributed by atoms with E-state index in [9.17, 15) is 17.2 Å². The molecule has 0 bridgehead atoms. The van der Waals surface area contributed by atoms with Crippen LogP contribution >= 0.6 is 33.9 Å². The molecule has 150 valence electrons. The molecular weight excluding hydrogens is 467 g/mol. The van der Waals surface area contributed by atoms with Gasteiger partial charge in [0.25, 0.3) is 9.05 Å². The summed E-state index contributed by atoms with van der Waals surface area (Å²) >= 11 is 11.5. The van der Waals surface area contributed by atoms with Crippen molar-refractivity contribution in [2.24, 2.45) is 0 Å². The average Bonchev–Trinajstić information content (AvgIpc) is 2.67. The van der Waals surface area contributed by atoms with Crippen LogP contribution in [0, 0.1) is 11.6 Å². The molecule has 0 aliphatic carbocycles. The number of anilines is 1. The molecule has 0 fully saturated rings. The number of rotatable bonds is 1. The largest absolute Gasteiger partial charge is 0.398 e. The minimum atomic E-state index is -4.02. The number of nitrogens with zero attached hydrogens (tertiary/aromatic N) is 2. The van der Waals surface area contributed by atoms with E-state index in [1.54, 1.807) is 18.2 Å². The number of nitrogens with two attached hydrogens (primary N) is 1. The zero-order valence-corrected chi connectivity index (χ0v) is 17.3. The smallest absolute Gasteiger partial charge is 0.262 e. The van der Waals surface area contributed by atoms with Crippen LogP contribution in [0.15, 0.2) is 53.7 Å². The molecule has 0 spiro atoms. The van der Waals surface area contributed by atoms with Crippen molar-refractivity contribution in [1.29, 1.82) is 0 Å². The van der Waals surface area contributed by atoms with Gasteiger partial charge >= 0.3 is 0 Å². The summed E-state index contributed by atoms with van der Waals surface area (Å²) in [4.78, 5) is 6.95. The lowest BCUT2D eigenvalue weighted by molar-refractivity contribution is 0.607. The van der Waals surface area contributed by atoms with Gasteiger partial charge in [-0.2, -0.15) is 0 Å². The highest BCUT2D eigenvalue weighted by Crippen LogP contribution is 2.31. The van der Waals surface area contributed by atoms with Crippen LogP contribution in [0.1, 0.15) is 0 Å². The number of aromatic nitrogens is 2. The molecule has 5 nitrogen and oxygen atoms in total. The molecule has 2 heterocycles. The standard InChI is InChI=1S/C9H4Cl2FNO2S.C9H6ClFN2/c10-9-5-2-1-3-7(16(11,14)15)8(5)6(12)4-13-9;10-9-5-2-1-3-7(12)8(5)6(11)4-13-9/h1-4H;1-4H,12H2. The van der Waals surface area contributed by atoms with Crippen LogP contribution in [0.25, 0.3) is 21.5 Å². The highest BCUT2D eigenvalue weighted by Gasteiger charge is 2.18. The molecule has 11 heteroatoms. The number of fused-ring (bicyclic) bond motifs is 2. The van der Waals surface area contributed by atoms with Gasteiger partial charge in [-0.15, -0.1) is 0 Å². The van der Waals surface area contributed by atoms with Crippen LogP contribution in [0.5, 0.6) is 0 Å². The third-order valence-electron chi connectivity index (χ3n) is 3.89. The summed E-state index contributed by atoms with van der Waals surface area (Å²) in [6.07, 6.45) is 1.93. The third kappa shape index (κ3) is 4.35. The Labute approximate surface area is 178 Å². The zero-order chi connectivity index (χ0) is 21.3. The Bertz CT molecular complexity index is 1340. The van der Waals surface area contributed by atoms with E-state index in [-0.39, 0.29) is 26.0 Å². The topological polar surface area (TPSA) is 85.9 Å². The average molecular weight is 477 g/mol. The molecule has 0 saturated carbocycles. The second-order valence-electron chi connectivity index (χ2n) is 5.68. The van der Waals surface area contributed by atoms with Crippen molar-refractivity contribution in [3.05, 3.63) is 70.7 Å². The molecule has 0 amide bonds. The quantitative estimate of drug-likeness (QED) is 0.221. The number of nitrogen functional groups attached to an aromatic ring is 1. The van der Waals surface area contributed by atoms with Crippen LogP contribution in [0.4, 0.5) is 14.5 Å². The van der Waals surface area contributed by atoms with E-state index in [1.807, 2.05) is 0 Å². The molecule has 29 heavy (non-hydrogen) atoms. The predicted molar refractivity (Wildman–Crippen MR) is 111 cm³/mol. The van der Waals surface area contributed by atoms with Crippen LogP contribution in [-0.4, -0.2) is 18.4 Å². The second-order valence-corrected chi connectivity index (χ2v) is 8.93. The van der Waals surface area contributed by atoms with E-state index in [1.165, 1.54) is 18.2 Å². The first-order chi connectivity index (χ1) is 13.6. The Morgan fingerprint density at radius 1 is 0.828 bits per heavy atom. The van der Waals surface area contributed by atoms with Gasteiger partial charge in [0.05, 0.1) is 17.3 Å². The summed E-state index contributed by atoms with van der Waals surface area (Å²) in [5.41, 5.74) is 5.97. The Balaban J connectivity index is 0.000000169. The fraction of sp³-hybridized carbons (Fsp3) is 0. The molecular formula is C18H10Cl3F2N3O2S. The van der Waals surface area contributed by atoms with Gasteiger partial charge in [-0.3, -0.25) is 0 Å². The lowest BCUT2D eigenvalue weighted by atomic mass is 10.1. The van der Waals surface area contributed by atoms with Crippen molar-refractivity contribution in [2.75, 3.05) is 5.73 Å². The monoisotopic (exact) mass is 475 g/mol. The van der Waals surface area contributed by atoms with Crippen molar-refractivity contribution in [3.63, 3.8) is 0 Å². The van der Waals surface area contributed by atoms with Crippen molar-refractivity contribution in [2.45, 2.75) is 4.90 Å². The molecule has 0 atom stereocenters. The SMILES string of the molecule is Nc1cccc2c(Cl)ncc(F)c12.O=S(=O)(Cl)c1cccc2c(Cl)ncc(F)c12. The first kappa shape index (κ1) is 21.4. The van der Waals surface area contributed by atoms with Crippen molar-refractivity contribution in [1.82, 2.24) is 9.97 Å². The molecule has 0 aliphatic heterocycles. The number of pyridine rings is 2. The van der Waals surface area contributed by atoms with Crippen LogP contribution in [-0.2, 0) is 9.05 Å². The van der Waals surface area contributed by atoms with E-state index in [2.05, 4.69) is 9.97 Å². The summed E-state index contributed by atoms with van der Waals surface area (Å²) < 4.78 is 49.2. The molecule has 2 aromatic heterocycles. The Hall–Kier alpha value is -2.26. The first-order valence-electron chi connectivity index (χ1n) is 7.77. The number of hydrogen-bond acceptors (Lipinski definition) is 5. The minimum Gasteiger partial charge on any atom is -0.398 e. The second kappa shape index (κ2) is 8.23. The van der Waals surface area contributed by atoms with Gasteiger partial charge in [-0.1, -0.05) is 47.5 Å². The highest BCUT2D eigenvalue weighted by atomic mass is 35.7. The van der Waals surface area contributed by atoms with E-state index in [0.717, 1.165) is 12.4 Å². The van der Waals surface area contributed by atoms with E-state index in [0.29, 0.717) is 16.5 Å². The summed E-state index contributed by atoms with van der Waals surface area (Å²) in [7, 11) is 1.18. The lowest BCUT2D eigenvalue weighted by Gasteiger charge is -2.05. The predicted octanol–water partition coefficient (Wildman–Crippen LogP) is 5.56. The molecule has 0 saturated heterocycles. The van der Waals surface area contributed by atoms with Gasteiger partial charge in [0.15, 0.2) is 11.6 Å². The maximum absolute atomic E-state index is 13.5. The van der Waals surface area contributed by atoms with Crippen molar-refractivity contribution >= 4 is 70.2 Å². The van der Waals surface area contributed by atoms with Crippen LogP contribution in [0.3, 0.4) is 0 Å². The Morgan fingerprint density at radius 2 is 1.31 bits per heavy atom. The van der Waals surface area contributed by atoms with Crippen molar-refractivity contribution in [3.8, 4) is 0 Å². The summed E-state index contributed by atoms with van der Waals surface area (Å²) in [6.45, 7) is 0. The lowest BCUT2D eigenvalue weighted by Crippen LogP contribution is -1.95. The fourth-order valence-corrected chi connectivity index (χ4v) is 4.15. The van der Waals surface area contributed by atoms with Gasteiger partial charge < -0.3 is 5.73 Å². The summed E-state index contributed by atoms with van der Waals surface area (Å²) in [6, 6.07) is 9.13. The molecule has 0 aliphatic rings. The Morgan fingerprint density at radius 3 is 1.83 bits per heavy atom. The van der Waals surface area contributed by atoms with Gasteiger partial charge in [-0.05, 0) is 12.1 Å². The van der Waals surface area contributed by atoms with E-state index in [4.69, 9.17) is 39.6 Å². The van der Waals surface area contributed by atoms with Gasteiger partial charge in [0, 0.05) is 37.9 Å². The normalized spacial score (nSPS) is 11.3. The van der Waals surface area contributed by atoms with Crippen LogP contribution in [0.2, 0.25) is 10.3 Å². The maximum atomic E-state index is 13.5. The Kier molecular flexibility index (Phi) is 6.09. The number of halogens is 5. The first-order valence-corrected chi connectivity index (χ1v) is 10.8. The van der Waals surface area contributed by atoms with Crippen LogP contribution < -0.4 is 5.73 Å². The molecule has 4 aromatic rings. The number of benzene rings is 2. The van der Waals surface area contributed by atoms with Crippen molar-refractivity contribution < 1.29 is 17.2 Å². The molecule has 0 unspecified atom stereocenters. The van der Waals surface area contributed by atoms with E-state index < -0.39 is 20.7 Å². The zero-order valence-electron chi connectivity index (χ0n) is 14.2. The highest BCUT2D eigenvalue weighted by molar-refractivity contribution is 8.14.